The number of aromatic nitrogens is 3. The highest BCUT2D eigenvalue weighted by Crippen LogP contribution is 2.40. The van der Waals surface area contributed by atoms with Crippen molar-refractivity contribution < 1.29 is 9.53 Å². The Morgan fingerprint density at radius 2 is 1.97 bits per heavy atom. The topological polar surface area (TPSA) is 63.5 Å². The van der Waals surface area contributed by atoms with E-state index >= 15 is 0 Å². The monoisotopic (exact) mass is 451 g/mol. The molecule has 5 rings (SSSR count). The second-order valence-corrected chi connectivity index (χ2v) is 8.62. The molecule has 0 radical (unpaired) electrons. The summed E-state index contributed by atoms with van der Waals surface area (Å²) in [5, 5.41) is 5.44. The zero-order valence-corrected chi connectivity index (χ0v) is 18.9. The molecule has 1 saturated heterocycles. The molecule has 4 heterocycles. The van der Waals surface area contributed by atoms with Gasteiger partial charge in [0.1, 0.15) is 11.6 Å². The Labute approximate surface area is 192 Å². The molecule has 0 spiro atoms. The first-order chi connectivity index (χ1) is 15.6. The zero-order chi connectivity index (χ0) is 22.1. The Morgan fingerprint density at radius 3 is 2.78 bits per heavy atom. The molecule has 0 bridgehead atoms. The van der Waals surface area contributed by atoms with Gasteiger partial charge in [-0.25, -0.2) is 9.67 Å². The molecule has 8 heteroatoms. The lowest BCUT2D eigenvalue weighted by atomic mass is 10.0. The fourth-order valence-corrected chi connectivity index (χ4v) is 4.79. The van der Waals surface area contributed by atoms with E-state index in [1.54, 1.807) is 0 Å². The summed E-state index contributed by atoms with van der Waals surface area (Å²) in [4.78, 5) is 22.3. The molecule has 0 saturated carbocycles. The van der Waals surface area contributed by atoms with Crippen molar-refractivity contribution in [3.8, 4) is 11.1 Å². The van der Waals surface area contributed by atoms with Gasteiger partial charge in [-0.05, 0) is 43.2 Å². The molecule has 32 heavy (non-hydrogen) atoms. The Morgan fingerprint density at radius 1 is 1.12 bits per heavy atom. The average Bonchev–Trinajstić information content (AvgIpc) is 3.15. The minimum atomic E-state index is 0.0474. The smallest absolute Gasteiger partial charge is 0.232 e. The van der Waals surface area contributed by atoms with Gasteiger partial charge in [-0.15, -0.1) is 0 Å². The number of pyridine rings is 1. The minimum absolute atomic E-state index is 0.0474. The van der Waals surface area contributed by atoms with Crippen LogP contribution in [-0.4, -0.2) is 53.5 Å². The maximum atomic E-state index is 13.4. The third kappa shape index (κ3) is 3.98. The number of nitrogens with zero attached hydrogens (tertiary/aromatic N) is 5. The summed E-state index contributed by atoms with van der Waals surface area (Å²) in [5.41, 5.74) is 3.81. The molecule has 2 aliphatic rings. The van der Waals surface area contributed by atoms with E-state index in [2.05, 4.69) is 11.0 Å². The van der Waals surface area contributed by atoms with Crippen molar-refractivity contribution in [2.24, 2.45) is 0 Å². The molecule has 2 aromatic heterocycles. The number of hydrogen-bond acceptors (Lipinski definition) is 5. The van der Waals surface area contributed by atoms with Gasteiger partial charge in [0.05, 0.1) is 30.9 Å². The van der Waals surface area contributed by atoms with Crippen molar-refractivity contribution in [3.05, 3.63) is 58.9 Å². The van der Waals surface area contributed by atoms with E-state index in [4.69, 9.17) is 26.4 Å². The number of carbonyl (C=O) groups excluding carboxylic acids is 1. The summed E-state index contributed by atoms with van der Waals surface area (Å²) >= 11 is 6.14. The molecule has 0 atom stereocenters. The van der Waals surface area contributed by atoms with E-state index in [0.29, 0.717) is 31.2 Å². The van der Waals surface area contributed by atoms with Crippen molar-refractivity contribution in [1.29, 1.82) is 0 Å². The van der Waals surface area contributed by atoms with Gasteiger partial charge in [-0.3, -0.25) is 9.69 Å². The summed E-state index contributed by atoms with van der Waals surface area (Å²) < 4.78 is 7.50. The molecular formula is C24H26ClN5O2. The molecule has 7 nitrogen and oxygen atoms in total. The van der Waals surface area contributed by atoms with Crippen LogP contribution < -0.4 is 9.80 Å². The van der Waals surface area contributed by atoms with Crippen LogP contribution in [0.5, 0.6) is 0 Å². The van der Waals surface area contributed by atoms with Gasteiger partial charge >= 0.3 is 0 Å². The summed E-state index contributed by atoms with van der Waals surface area (Å²) in [5.74, 6) is 1.83. The first kappa shape index (κ1) is 21.0. The van der Waals surface area contributed by atoms with Crippen LogP contribution in [0.15, 0.2) is 42.6 Å². The number of hydrogen-bond donors (Lipinski definition) is 0. The number of halogens is 1. The Bertz CT molecular complexity index is 1140. The van der Waals surface area contributed by atoms with Crippen LogP contribution in [0.3, 0.4) is 0 Å². The Hall–Kier alpha value is -2.90. The van der Waals surface area contributed by atoms with Crippen molar-refractivity contribution >= 4 is 29.1 Å². The Kier molecular flexibility index (Phi) is 5.85. The number of morpholine rings is 1. The molecule has 0 aliphatic carbocycles. The third-order valence-corrected chi connectivity index (χ3v) is 6.26. The van der Waals surface area contributed by atoms with Crippen LogP contribution in [0.1, 0.15) is 17.7 Å². The van der Waals surface area contributed by atoms with Crippen LogP contribution in [0.2, 0.25) is 5.02 Å². The number of anilines is 2. The molecule has 0 unspecified atom stereocenters. The molecule has 166 valence electrons. The molecule has 3 aromatic rings. The maximum absolute atomic E-state index is 13.4. The number of ether oxygens (including phenoxy) is 1. The fraction of sp³-hybridized carbons (Fsp3) is 0.375. The first-order valence-electron chi connectivity index (χ1n) is 11.0. The van der Waals surface area contributed by atoms with E-state index in [1.165, 1.54) is 0 Å². The molecule has 1 amide bonds. The molecule has 1 fully saturated rings. The summed E-state index contributed by atoms with van der Waals surface area (Å²) in [6, 6.07) is 11.5. The van der Waals surface area contributed by atoms with Gasteiger partial charge in [0.25, 0.3) is 0 Å². The van der Waals surface area contributed by atoms with Crippen molar-refractivity contribution in [2.75, 3.05) is 42.6 Å². The molecule has 2 aliphatic heterocycles. The van der Waals surface area contributed by atoms with Gasteiger partial charge < -0.3 is 9.64 Å². The molecular weight excluding hydrogens is 426 g/mol. The number of fused-ring (bicyclic) bond motifs is 1. The second-order valence-electron chi connectivity index (χ2n) is 8.19. The van der Waals surface area contributed by atoms with E-state index < -0.39 is 0 Å². The number of rotatable bonds is 4. The predicted octanol–water partition coefficient (Wildman–Crippen LogP) is 3.72. The van der Waals surface area contributed by atoms with Crippen LogP contribution in [0, 0.1) is 6.92 Å². The van der Waals surface area contributed by atoms with Gasteiger partial charge in [0.15, 0.2) is 0 Å². The lowest BCUT2D eigenvalue weighted by Gasteiger charge is -2.31. The maximum Gasteiger partial charge on any atom is 0.232 e. The number of benzene rings is 1. The van der Waals surface area contributed by atoms with Gasteiger partial charge in [0.2, 0.25) is 5.91 Å². The van der Waals surface area contributed by atoms with Gasteiger partial charge in [0, 0.05) is 43.0 Å². The third-order valence-electron chi connectivity index (χ3n) is 6.02. The SMILES string of the molecule is Cc1nn2c(c1-c1cccnc1N1CCOCC1)N(C(=O)Cc1cccc(Cl)c1)CCC2. The highest BCUT2D eigenvalue weighted by Gasteiger charge is 2.31. The van der Waals surface area contributed by atoms with Crippen LogP contribution in [-0.2, 0) is 22.5 Å². The quantitative estimate of drug-likeness (QED) is 0.605. The molecule has 1 aromatic carbocycles. The van der Waals surface area contributed by atoms with Crippen LogP contribution >= 0.6 is 11.6 Å². The number of amides is 1. The number of carbonyl (C=O) groups is 1. The van der Waals surface area contributed by atoms with Gasteiger partial charge in [-0.1, -0.05) is 23.7 Å². The van der Waals surface area contributed by atoms with Crippen LogP contribution in [0.4, 0.5) is 11.6 Å². The Balaban J connectivity index is 1.54. The first-order valence-corrected chi connectivity index (χ1v) is 11.4. The van der Waals surface area contributed by atoms with Crippen LogP contribution in [0.25, 0.3) is 11.1 Å². The lowest BCUT2D eigenvalue weighted by Crippen LogP contribution is -2.39. The highest BCUT2D eigenvalue weighted by atomic mass is 35.5. The van der Waals surface area contributed by atoms with Crippen molar-refractivity contribution in [2.45, 2.75) is 26.3 Å². The normalized spacial score (nSPS) is 16.2. The summed E-state index contributed by atoms with van der Waals surface area (Å²) in [7, 11) is 0. The van der Waals surface area contributed by atoms with E-state index in [-0.39, 0.29) is 5.91 Å². The minimum Gasteiger partial charge on any atom is -0.378 e. The van der Waals surface area contributed by atoms with E-state index in [1.807, 2.05) is 53.0 Å². The lowest BCUT2D eigenvalue weighted by molar-refractivity contribution is -0.118. The van der Waals surface area contributed by atoms with Gasteiger partial charge in [-0.2, -0.15) is 5.10 Å². The average molecular weight is 452 g/mol. The van der Waals surface area contributed by atoms with Crippen molar-refractivity contribution in [3.63, 3.8) is 0 Å². The van der Waals surface area contributed by atoms with E-state index in [9.17, 15) is 4.79 Å². The van der Waals surface area contributed by atoms with E-state index in [0.717, 1.165) is 60.1 Å². The highest BCUT2D eigenvalue weighted by molar-refractivity contribution is 6.30. The van der Waals surface area contributed by atoms with Crippen molar-refractivity contribution in [1.82, 2.24) is 14.8 Å². The zero-order valence-electron chi connectivity index (χ0n) is 18.1. The predicted molar refractivity (Wildman–Crippen MR) is 125 cm³/mol. The largest absolute Gasteiger partial charge is 0.378 e. The molecule has 0 N–H and O–H groups in total. The standard InChI is InChI=1S/C24H26ClN5O2/c1-17-22(20-7-3-8-26-23(20)28-11-13-32-14-12-28)24-29(9-4-10-30(24)27-17)21(31)16-18-5-2-6-19(25)15-18/h2-3,5-8,15H,4,9-14,16H2,1H3. The fourth-order valence-electron chi connectivity index (χ4n) is 4.58. The second kappa shape index (κ2) is 8.92. The summed E-state index contributed by atoms with van der Waals surface area (Å²) in [6.07, 6.45) is 2.99. The summed E-state index contributed by atoms with van der Waals surface area (Å²) in [6.45, 7) is 6.44. The number of aryl methyl sites for hydroxylation is 2.